The van der Waals surface area contributed by atoms with Gasteiger partial charge in [-0.1, -0.05) is 91.7 Å². The molecule has 3 aromatic carbocycles. The maximum Gasteiger partial charge on any atom is 0.408 e. The molecule has 0 bridgehead atoms. The van der Waals surface area contributed by atoms with Crippen LogP contribution in [0.25, 0.3) is 0 Å². The molecule has 7 nitrogen and oxygen atoms in total. The van der Waals surface area contributed by atoms with E-state index in [-0.39, 0.29) is 25.4 Å². The Hall–Kier alpha value is -4.57. The SMILES string of the molecule is C#Cc1ccccc1C(C(=O)NCc1ccccc1)N(CCC)C(=O)C(Cc1ccccc1)NC(=O)OC(C)(C)C. The molecule has 0 fully saturated rings. The Morgan fingerprint density at radius 2 is 1.49 bits per heavy atom. The highest BCUT2D eigenvalue weighted by Gasteiger charge is 2.36. The summed E-state index contributed by atoms with van der Waals surface area (Å²) in [5, 5.41) is 5.76. The quantitative estimate of drug-likeness (QED) is 0.311. The predicted molar refractivity (Wildman–Crippen MR) is 161 cm³/mol. The third-order valence-corrected chi connectivity index (χ3v) is 6.30. The lowest BCUT2D eigenvalue weighted by atomic mass is 9.96. The van der Waals surface area contributed by atoms with Gasteiger partial charge in [0.05, 0.1) is 0 Å². The van der Waals surface area contributed by atoms with Gasteiger partial charge in [0.2, 0.25) is 11.8 Å². The van der Waals surface area contributed by atoms with Gasteiger partial charge in [-0.25, -0.2) is 4.79 Å². The third-order valence-electron chi connectivity index (χ3n) is 6.30. The molecule has 2 N–H and O–H groups in total. The zero-order chi connectivity index (χ0) is 29.8. The van der Waals surface area contributed by atoms with Crippen LogP contribution in [-0.4, -0.2) is 41.0 Å². The standard InChI is InChI=1S/C34H39N3O4/c1-6-22-37(32(39)29(23-25-16-10-8-11-17-25)36-33(40)41-34(3,4)5)30(28-21-15-14-20-27(28)7-2)31(38)35-24-26-18-12-9-13-19-26/h2,8-21,29-30H,6,22-24H2,1,3-5H3,(H,35,38)(H,36,40). The van der Waals surface area contributed by atoms with Crippen LogP contribution >= 0.6 is 0 Å². The molecular formula is C34H39N3O4. The number of alkyl carbamates (subject to hydrolysis) is 1. The van der Waals surface area contributed by atoms with Gasteiger partial charge in [-0.3, -0.25) is 9.59 Å². The van der Waals surface area contributed by atoms with Gasteiger partial charge in [-0.2, -0.15) is 0 Å². The lowest BCUT2D eigenvalue weighted by Gasteiger charge is -2.35. The van der Waals surface area contributed by atoms with E-state index in [1.165, 1.54) is 4.90 Å². The zero-order valence-corrected chi connectivity index (χ0v) is 24.2. The van der Waals surface area contributed by atoms with Gasteiger partial charge >= 0.3 is 6.09 Å². The van der Waals surface area contributed by atoms with Crippen molar-refractivity contribution in [3.8, 4) is 12.3 Å². The number of carbonyl (C=O) groups is 3. The van der Waals surface area contributed by atoms with Crippen LogP contribution in [0.2, 0.25) is 0 Å². The van der Waals surface area contributed by atoms with E-state index in [2.05, 4.69) is 16.6 Å². The second-order valence-corrected chi connectivity index (χ2v) is 10.8. The van der Waals surface area contributed by atoms with Crippen molar-refractivity contribution in [3.63, 3.8) is 0 Å². The van der Waals surface area contributed by atoms with Crippen molar-refractivity contribution >= 4 is 17.9 Å². The maximum atomic E-state index is 14.4. The van der Waals surface area contributed by atoms with E-state index in [9.17, 15) is 14.4 Å². The normalized spacial score (nSPS) is 12.4. The Morgan fingerprint density at radius 1 is 0.902 bits per heavy atom. The Labute approximate surface area is 243 Å². The van der Waals surface area contributed by atoms with Crippen LogP contribution in [0.15, 0.2) is 84.9 Å². The van der Waals surface area contributed by atoms with Crippen LogP contribution in [0.5, 0.6) is 0 Å². The number of benzene rings is 3. The molecule has 3 aromatic rings. The van der Waals surface area contributed by atoms with Crippen molar-refractivity contribution in [1.82, 2.24) is 15.5 Å². The molecule has 7 heteroatoms. The Bertz CT molecular complexity index is 1340. The van der Waals surface area contributed by atoms with E-state index < -0.39 is 29.7 Å². The monoisotopic (exact) mass is 553 g/mol. The molecule has 2 atom stereocenters. The lowest BCUT2D eigenvalue weighted by Crippen LogP contribution is -2.54. The molecule has 0 spiro atoms. The average molecular weight is 554 g/mol. The van der Waals surface area contributed by atoms with E-state index in [1.54, 1.807) is 45.0 Å². The smallest absolute Gasteiger partial charge is 0.408 e. The first-order valence-corrected chi connectivity index (χ1v) is 13.8. The molecule has 0 saturated carbocycles. The van der Waals surface area contributed by atoms with Gasteiger partial charge in [0.25, 0.3) is 0 Å². The van der Waals surface area contributed by atoms with Gasteiger partial charge in [0.1, 0.15) is 17.7 Å². The summed E-state index contributed by atoms with van der Waals surface area (Å²) in [6, 6.07) is 24.1. The van der Waals surface area contributed by atoms with E-state index in [4.69, 9.17) is 11.2 Å². The number of hydrogen-bond donors (Lipinski definition) is 2. The van der Waals surface area contributed by atoms with E-state index in [1.807, 2.05) is 67.6 Å². The summed E-state index contributed by atoms with van der Waals surface area (Å²) in [5.74, 6) is 1.88. The number of nitrogens with zero attached hydrogens (tertiary/aromatic N) is 1. The zero-order valence-electron chi connectivity index (χ0n) is 24.2. The fraction of sp³-hybridized carbons (Fsp3) is 0.324. The van der Waals surface area contributed by atoms with E-state index in [0.717, 1.165) is 11.1 Å². The number of rotatable bonds is 11. The van der Waals surface area contributed by atoms with Gasteiger partial charge in [0.15, 0.2) is 0 Å². The molecule has 0 aliphatic heterocycles. The van der Waals surface area contributed by atoms with Gasteiger partial charge in [-0.05, 0) is 49.9 Å². The highest BCUT2D eigenvalue weighted by molar-refractivity contribution is 5.92. The van der Waals surface area contributed by atoms with Crippen molar-refractivity contribution in [3.05, 3.63) is 107 Å². The number of ether oxygens (including phenoxy) is 1. The topological polar surface area (TPSA) is 87.7 Å². The molecule has 3 amide bonds. The molecule has 41 heavy (non-hydrogen) atoms. The summed E-state index contributed by atoms with van der Waals surface area (Å²) in [6.07, 6.45) is 5.92. The molecule has 214 valence electrons. The summed E-state index contributed by atoms with van der Waals surface area (Å²) in [6.45, 7) is 7.75. The minimum absolute atomic E-state index is 0.217. The van der Waals surface area contributed by atoms with Crippen molar-refractivity contribution in [1.29, 1.82) is 0 Å². The average Bonchev–Trinajstić information content (AvgIpc) is 2.95. The Kier molecular flexibility index (Phi) is 11.1. The highest BCUT2D eigenvalue weighted by Crippen LogP contribution is 2.27. The molecule has 0 aliphatic carbocycles. The van der Waals surface area contributed by atoms with Gasteiger partial charge < -0.3 is 20.3 Å². The first-order valence-electron chi connectivity index (χ1n) is 13.8. The van der Waals surface area contributed by atoms with E-state index >= 15 is 0 Å². The molecule has 2 unspecified atom stereocenters. The molecule has 3 rings (SSSR count). The van der Waals surface area contributed by atoms with Crippen LogP contribution in [0, 0.1) is 12.3 Å². The minimum Gasteiger partial charge on any atom is -0.444 e. The number of hydrogen-bond acceptors (Lipinski definition) is 4. The number of amides is 3. The minimum atomic E-state index is -1.02. The molecule has 0 aromatic heterocycles. The number of nitrogens with one attached hydrogen (secondary N) is 2. The first-order chi connectivity index (χ1) is 19.6. The van der Waals surface area contributed by atoms with Crippen LogP contribution in [-0.2, 0) is 27.3 Å². The Balaban J connectivity index is 2.02. The maximum absolute atomic E-state index is 14.4. The van der Waals surface area contributed by atoms with Crippen LogP contribution in [0.4, 0.5) is 4.79 Å². The fourth-order valence-corrected chi connectivity index (χ4v) is 4.51. The van der Waals surface area contributed by atoms with Crippen molar-refractivity contribution in [2.45, 2.75) is 64.8 Å². The fourth-order valence-electron chi connectivity index (χ4n) is 4.51. The van der Waals surface area contributed by atoms with Crippen LogP contribution < -0.4 is 10.6 Å². The van der Waals surface area contributed by atoms with Crippen molar-refractivity contribution in [2.24, 2.45) is 0 Å². The largest absolute Gasteiger partial charge is 0.444 e. The molecule has 0 saturated heterocycles. The first kappa shape index (κ1) is 31.0. The summed E-state index contributed by atoms with van der Waals surface area (Å²) >= 11 is 0. The van der Waals surface area contributed by atoms with Crippen LogP contribution in [0.1, 0.15) is 62.4 Å². The highest BCUT2D eigenvalue weighted by atomic mass is 16.6. The summed E-state index contributed by atoms with van der Waals surface area (Å²) in [4.78, 5) is 42.7. The lowest BCUT2D eigenvalue weighted by molar-refractivity contribution is -0.142. The summed E-state index contributed by atoms with van der Waals surface area (Å²) in [5.41, 5.74) is 2.08. The Morgan fingerprint density at radius 3 is 2.07 bits per heavy atom. The molecule has 0 aliphatic rings. The molecular weight excluding hydrogens is 514 g/mol. The van der Waals surface area contributed by atoms with Crippen LogP contribution in [0.3, 0.4) is 0 Å². The molecule has 0 heterocycles. The predicted octanol–water partition coefficient (Wildman–Crippen LogP) is 5.40. The second-order valence-electron chi connectivity index (χ2n) is 10.8. The molecule has 0 radical (unpaired) electrons. The summed E-state index contributed by atoms with van der Waals surface area (Å²) in [7, 11) is 0. The van der Waals surface area contributed by atoms with Crippen molar-refractivity contribution < 1.29 is 19.1 Å². The third kappa shape index (κ3) is 9.25. The van der Waals surface area contributed by atoms with E-state index in [0.29, 0.717) is 17.5 Å². The van der Waals surface area contributed by atoms with Gasteiger partial charge in [-0.15, -0.1) is 6.42 Å². The summed E-state index contributed by atoms with van der Waals surface area (Å²) < 4.78 is 5.49. The van der Waals surface area contributed by atoms with Gasteiger partial charge in [0, 0.05) is 25.1 Å². The number of carbonyl (C=O) groups excluding carboxylic acids is 3. The van der Waals surface area contributed by atoms with Crippen molar-refractivity contribution in [2.75, 3.05) is 6.54 Å². The second kappa shape index (κ2) is 14.7. The number of terminal acetylenes is 1.